The molecule has 170 valence electrons. The molecule has 0 radical (unpaired) electrons. The minimum atomic E-state index is -0.355. The van der Waals surface area contributed by atoms with E-state index >= 15 is 0 Å². The van der Waals surface area contributed by atoms with Gasteiger partial charge < -0.3 is 9.84 Å². The van der Waals surface area contributed by atoms with E-state index in [1.807, 2.05) is 50.2 Å². The molecule has 2 aromatic carbocycles. The number of carbonyl (C=O) groups is 1. The Kier molecular flexibility index (Phi) is 5.72. The van der Waals surface area contributed by atoms with E-state index in [1.54, 1.807) is 12.1 Å². The van der Waals surface area contributed by atoms with Crippen molar-refractivity contribution in [1.82, 2.24) is 19.7 Å². The molecule has 5 rings (SSSR count). The number of hydrogen-bond donors (Lipinski definition) is 1. The number of nitrogens with zero attached hydrogens (tertiary/aromatic N) is 4. The van der Waals surface area contributed by atoms with Crippen molar-refractivity contribution in [2.24, 2.45) is 0 Å². The summed E-state index contributed by atoms with van der Waals surface area (Å²) in [6, 6.07) is 14.7. The van der Waals surface area contributed by atoms with Crippen LogP contribution < -0.4 is 10.9 Å². The van der Waals surface area contributed by atoms with Gasteiger partial charge in [-0.2, -0.15) is 4.98 Å². The minimum Gasteiger partial charge on any atom is -0.333 e. The van der Waals surface area contributed by atoms with E-state index in [2.05, 4.69) is 20.4 Å². The van der Waals surface area contributed by atoms with Crippen LogP contribution in [-0.2, 0) is 11.3 Å². The number of hydrogen-bond acceptors (Lipinski definition) is 7. The summed E-state index contributed by atoms with van der Waals surface area (Å²) in [5.74, 6) is 0.427. The van der Waals surface area contributed by atoms with Crippen LogP contribution in [0, 0.1) is 13.8 Å². The van der Waals surface area contributed by atoms with Gasteiger partial charge in [-0.15, -0.1) is 11.3 Å². The second kappa shape index (κ2) is 8.85. The Morgan fingerprint density at radius 3 is 2.76 bits per heavy atom. The second-order valence-corrected chi connectivity index (χ2v) is 9.15. The van der Waals surface area contributed by atoms with E-state index in [1.165, 1.54) is 22.2 Å². The molecule has 0 saturated heterocycles. The number of amides is 1. The molecule has 8 nitrogen and oxygen atoms in total. The van der Waals surface area contributed by atoms with Crippen LogP contribution in [0.1, 0.15) is 11.1 Å². The molecule has 3 aromatic heterocycles. The quantitative estimate of drug-likeness (QED) is 0.367. The Bertz CT molecular complexity index is 1590. The van der Waals surface area contributed by atoms with Gasteiger partial charge in [0, 0.05) is 16.3 Å². The molecule has 0 aliphatic carbocycles. The zero-order valence-corrected chi connectivity index (χ0v) is 19.8. The predicted molar refractivity (Wildman–Crippen MR) is 132 cm³/mol. The maximum atomic E-state index is 13.2. The summed E-state index contributed by atoms with van der Waals surface area (Å²) in [5.41, 5.74) is 2.66. The van der Waals surface area contributed by atoms with Crippen LogP contribution in [0.5, 0.6) is 0 Å². The maximum Gasteiger partial charge on any atom is 0.268 e. The Morgan fingerprint density at radius 2 is 1.97 bits per heavy atom. The Labute approximate surface area is 202 Å². The van der Waals surface area contributed by atoms with Crippen molar-refractivity contribution in [3.63, 3.8) is 0 Å². The second-order valence-electron chi connectivity index (χ2n) is 7.71. The molecule has 5 aromatic rings. The third-order valence-corrected chi connectivity index (χ3v) is 6.78. The van der Waals surface area contributed by atoms with Gasteiger partial charge in [0.1, 0.15) is 11.4 Å². The van der Waals surface area contributed by atoms with Gasteiger partial charge in [-0.3, -0.25) is 14.2 Å². The number of benzene rings is 2. The van der Waals surface area contributed by atoms with Crippen LogP contribution in [0.15, 0.2) is 64.2 Å². The van der Waals surface area contributed by atoms with E-state index < -0.39 is 0 Å². The van der Waals surface area contributed by atoms with Crippen LogP contribution >= 0.6 is 22.9 Å². The fourth-order valence-corrected chi connectivity index (χ4v) is 4.80. The lowest BCUT2D eigenvalue weighted by atomic mass is 10.2. The van der Waals surface area contributed by atoms with Gasteiger partial charge in [-0.25, -0.2) is 4.98 Å². The normalized spacial score (nSPS) is 11.1. The largest absolute Gasteiger partial charge is 0.333 e. The van der Waals surface area contributed by atoms with Gasteiger partial charge in [0.05, 0.1) is 16.6 Å². The molecule has 34 heavy (non-hydrogen) atoms. The third kappa shape index (κ3) is 4.11. The lowest BCUT2D eigenvalue weighted by Crippen LogP contribution is -2.28. The fourth-order valence-electron chi connectivity index (χ4n) is 3.57. The first-order valence-corrected chi connectivity index (χ1v) is 11.5. The van der Waals surface area contributed by atoms with E-state index in [9.17, 15) is 9.59 Å². The van der Waals surface area contributed by atoms with Crippen LogP contribution in [0.4, 0.5) is 5.69 Å². The van der Waals surface area contributed by atoms with Gasteiger partial charge in [-0.1, -0.05) is 53.2 Å². The van der Waals surface area contributed by atoms with Gasteiger partial charge >= 0.3 is 0 Å². The van der Waals surface area contributed by atoms with Gasteiger partial charge in [-0.05, 0) is 37.1 Å². The van der Waals surface area contributed by atoms with Crippen molar-refractivity contribution in [3.05, 3.63) is 81.4 Å². The molecular formula is C24H18ClN5O3S. The first-order valence-electron chi connectivity index (χ1n) is 10.3. The molecule has 3 heterocycles. The van der Waals surface area contributed by atoms with Crippen LogP contribution in [0.3, 0.4) is 0 Å². The van der Waals surface area contributed by atoms with Crippen molar-refractivity contribution in [3.8, 4) is 22.2 Å². The summed E-state index contributed by atoms with van der Waals surface area (Å²) < 4.78 is 6.76. The molecule has 0 unspecified atom stereocenters. The number of aryl methyl sites for hydroxylation is 2. The van der Waals surface area contributed by atoms with Crippen molar-refractivity contribution >= 4 is 44.7 Å². The highest BCUT2D eigenvalue weighted by molar-refractivity contribution is 7.22. The summed E-state index contributed by atoms with van der Waals surface area (Å²) in [6.45, 7) is 3.49. The van der Waals surface area contributed by atoms with Gasteiger partial charge in [0.2, 0.25) is 11.7 Å². The van der Waals surface area contributed by atoms with Crippen LogP contribution in [0.25, 0.3) is 32.4 Å². The highest BCUT2D eigenvalue weighted by Gasteiger charge is 2.21. The molecule has 0 atom stereocenters. The monoisotopic (exact) mass is 491 g/mol. The Morgan fingerprint density at radius 1 is 1.18 bits per heavy atom. The highest BCUT2D eigenvalue weighted by atomic mass is 35.5. The number of rotatable bonds is 5. The zero-order valence-electron chi connectivity index (χ0n) is 18.2. The molecule has 0 fully saturated rings. The smallest absolute Gasteiger partial charge is 0.268 e. The van der Waals surface area contributed by atoms with E-state index in [0.29, 0.717) is 43.1 Å². The molecule has 1 N–H and O–H groups in total. The number of fused-ring (bicyclic) bond motifs is 1. The predicted octanol–water partition coefficient (Wildman–Crippen LogP) is 5.08. The number of halogens is 1. The number of carbonyl (C=O) groups excluding carboxylic acids is 1. The first kappa shape index (κ1) is 22.0. The highest BCUT2D eigenvalue weighted by Crippen LogP contribution is 2.35. The number of aromatic nitrogens is 4. The molecule has 0 aliphatic rings. The SMILES string of the molecule is Cc1ccc(Cl)cc1NC(=O)Cn1cnc2sc(-c3nc(-c4ccccc4)no3)c(C)c2c1=O. The Balaban J connectivity index is 1.44. The molecular weight excluding hydrogens is 474 g/mol. The minimum absolute atomic E-state index is 0.183. The van der Waals surface area contributed by atoms with Crippen molar-refractivity contribution in [2.45, 2.75) is 20.4 Å². The fraction of sp³-hybridized carbons (Fsp3) is 0.125. The molecule has 1 amide bonds. The van der Waals surface area contributed by atoms with E-state index in [-0.39, 0.29) is 18.0 Å². The third-order valence-electron chi connectivity index (χ3n) is 5.36. The van der Waals surface area contributed by atoms with Crippen LogP contribution in [0.2, 0.25) is 5.02 Å². The standard InChI is InChI=1S/C24H18ClN5O3S/c1-13-8-9-16(25)10-17(13)27-18(31)11-30-12-26-23-19(24(30)32)14(2)20(34-23)22-28-21(29-33-22)15-6-4-3-5-7-15/h3-10,12H,11H2,1-2H3,(H,27,31). The van der Waals surface area contributed by atoms with E-state index in [4.69, 9.17) is 16.1 Å². The molecule has 0 aliphatic heterocycles. The molecule has 10 heteroatoms. The topological polar surface area (TPSA) is 103 Å². The average molecular weight is 492 g/mol. The van der Waals surface area contributed by atoms with E-state index in [0.717, 1.165) is 11.1 Å². The lowest BCUT2D eigenvalue weighted by molar-refractivity contribution is -0.116. The Hall–Kier alpha value is -3.82. The number of anilines is 1. The average Bonchev–Trinajstić information content (AvgIpc) is 3.44. The number of thiophene rings is 1. The summed E-state index contributed by atoms with van der Waals surface area (Å²) in [5, 5.41) is 7.80. The van der Waals surface area contributed by atoms with Crippen molar-refractivity contribution < 1.29 is 9.32 Å². The maximum absolute atomic E-state index is 13.2. The summed E-state index contributed by atoms with van der Waals surface area (Å²) in [4.78, 5) is 35.9. The van der Waals surface area contributed by atoms with Crippen LogP contribution in [-0.4, -0.2) is 25.6 Å². The van der Waals surface area contributed by atoms with Crippen molar-refractivity contribution in [1.29, 1.82) is 0 Å². The first-order chi connectivity index (χ1) is 16.4. The van der Waals surface area contributed by atoms with Gasteiger partial charge in [0.25, 0.3) is 11.4 Å². The van der Waals surface area contributed by atoms with Gasteiger partial charge in [0.15, 0.2) is 0 Å². The molecule has 0 saturated carbocycles. The molecule has 0 spiro atoms. The van der Waals surface area contributed by atoms with Crippen molar-refractivity contribution in [2.75, 3.05) is 5.32 Å². The summed E-state index contributed by atoms with van der Waals surface area (Å²) in [7, 11) is 0. The zero-order chi connectivity index (χ0) is 23.8. The lowest BCUT2D eigenvalue weighted by Gasteiger charge is -2.10. The summed E-state index contributed by atoms with van der Waals surface area (Å²) in [6.07, 6.45) is 1.37. The summed E-state index contributed by atoms with van der Waals surface area (Å²) >= 11 is 7.32. The number of nitrogens with one attached hydrogen (secondary N) is 1. The molecule has 0 bridgehead atoms.